The quantitative estimate of drug-likeness (QED) is 0.455. The van der Waals surface area contributed by atoms with Crippen LogP contribution in [0, 0.1) is 6.92 Å². The van der Waals surface area contributed by atoms with E-state index in [1.165, 1.54) is 16.5 Å². The molecule has 0 unspecified atom stereocenters. The molecule has 5 rings (SSSR count). The normalized spacial score (nSPS) is 11.3. The van der Waals surface area contributed by atoms with E-state index in [1.807, 2.05) is 42.5 Å². The van der Waals surface area contributed by atoms with Gasteiger partial charge in [-0.2, -0.15) is 0 Å². The summed E-state index contributed by atoms with van der Waals surface area (Å²) >= 11 is 0. The number of rotatable bonds is 4. The lowest BCUT2D eigenvalue weighted by Crippen LogP contribution is -2.17. The molecule has 2 aromatic heterocycles. The standard InChI is InChI=1S/C25H22N4O/c1-16-19-10-6-7-11-20(19)27-23(16)24-28-21-14-18(25(30)26-2)12-13-22(21)29(24)15-17-8-4-3-5-9-17/h3-14,27H,15H2,1-2H3,(H,26,30). The number of nitrogens with one attached hydrogen (secondary N) is 2. The van der Waals surface area contributed by atoms with Crippen molar-refractivity contribution in [3.63, 3.8) is 0 Å². The first-order valence-electron chi connectivity index (χ1n) is 9.99. The number of H-pyrrole nitrogens is 1. The lowest BCUT2D eigenvalue weighted by Gasteiger charge is -2.10. The Hall–Kier alpha value is -3.86. The molecule has 0 aliphatic carbocycles. The average molecular weight is 394 g/mol. The molecule has 0 fully saturated rings. The van der Waals surface area contributed by atoms with Crippen LogP contribution in [0.4, 0.5) is 0 Å². The van der Waals surface area contributed by atoms with Crippen molar-refractivity contribution in [2.75, 3.05) is 7.05 Å². The van der Waals surface area contributed by atoms with Gasteiger partial charge in [0, 0.05) is 30.1 Å². The molecule has 0 saturated carbocycles. The summed E-state index contributed by atoms with van der Waals surface area (Å²) in [6, 6.07) is 24.3. The maximum Gasteiger partial charge on any atom is 0.251 e. The molecular formula is C25H22N4O. The minimum absolute atomic E-state index is 0.113. The molecule has 1 amide bonds. The van der Waals surface area contributed by atoms with Gasteiger partial charge in [-0.1, -0.05) is 48.5 Å². The first-order valence-corrected chi connectivity index (χ1v) is 9.99. The number of aromatic amines is 1. The molecule has 0 radical (unpaired) electrons. The van der Waals surface area contributed by atoms with Crippen LogP contribution >= 0.6 is 0 Å². The van der Waals surface area contributed by atoms with E-state index in [4.69, 9.17) is 4.98 Å². The third kappa shape index (κ3) is 2.95. The van der Waals surface area contributed by atoms with Crippen LogP contribution in [-0.2, 0) is 6.54 Å². The van der Waals surface area contributed by atoms with Crippen LogP contribution in [0.2, 0.25) is 0 Å². The molecule has 0 aliphatic rings. The van der Waals surface area contributed by atoms with Gasteiger partial charge in [-0.3, -0.25) is 4.79 Å². The van der Waals surface area contributed by atoms with Crippen molar-refractivity contribution in [1.29, 1.82) is 0 Å². The summed E-state index contributed by atoms with van der Waals surface area (Å²) in [6.45, 7) is 2.82. The van der Waals surface area contributed by atoms with Crippen LogP contribution in [0.25, 0.3) is 33.5 Å². The first kappa shape index (κ1) is 18.2. The summed E-state index contributed by atoms with van der Waals surface area (Å²) in [5.74, 6) is 0.759. The largest absolute Gasteiger partial charge is 0.355 e. The van der Waals surface area contributed by atoms with Gasteiger partial charge in [0.05, 0.1) is 16.7 Å². The monoisotopic (exact) mass is 394 g/mol. The van der Waals surface area contributed by atoms with Crippen LogP contribution in [0.5, 0.6) is 0 Å². The Bertz CT molecular complexity index is 1380. The number of para-hydroxylation sites is 1. The van der Waals surface area contributed by atoms with Gasteiger partial charge in [0.1, 0.15) is 0 Å². The highest BCUT2D eigenvalue weighted by atomic mass is 16.1. The van der Waals surface area contributed by atoms with Crippen molar-refractivity contribution in [3.8, 4) is 11.5 Å². The number of carbonyl (C=O) groups is 1. The summed E-state index contributed by atoms with van der Waals surface area (Å²) in [4.78, 5) is 20.6. The molecule has 0 bridgehead atoms. The van der Waals surface area contributed by atoms with E-state index in [2.05, 4.69) is 52.1 Å². The van der Waals surface area contributed by atoms with Crippen molar-refractivity contribution in [2.24, 2.45) is 0 Å². The van der Waals surface area contributed by atoms with Gasteiger partial charge < -0.3 is 14.9 Å². The number of hydrogen-bond acceptors (Lipinski definition) is 2. The third-order valence-electron chi connectivity index (χ3n) is 5.61. The summed E-state index contributed by atoms with van der Waals surface area (Å²) in [5.41, 5.74) is 6.87. The van der Waals surface area contributed by atoms with Crippen molar-refractivity contribution in [2.45, 2.75) is 13.5 Å². The van der Waals surface area contributed by atoms with Crippen LogP contribution < -0.4 is 5.32 Å². The second-order valence-corrected chi connectivity index (χ2v) is 7.46. The highest BCUT2D eigenvalue weighted by molar-refractivity contribution is 5.98. The molecule has 5 heteroatoms. The molecule has 2 N–H and O–H groups in total. The number of aryl methyl sites for hydroxylation is 1. The van der Waals surface area contributed by atoms with Crippen LogP contribution in [0.15, 0.2) is 72.8 Å². The maximum atomic E-state index is 12.1. The maximum absolute atomic E-state index is 12.1. The highest BCUT2D eigenvalue weighted by Gasteiger charge is 2.19. The number of fused-ring (bicyclic) bond motifs is 2. The van der Waals surface area contributed by atoms with E-state index in [-0.39, 0.29) is 5.91 Å². The van der Waals surface area contributed by atoms with Gasteiger partial charge in [-0.15, -0.1) is 0 Å². The molecule has 3 aromatic carbocycles. The fourth-order valence-corrected chi connectivity index (χ4v) is 4.04. The Kier molecular flexibility index (Phi) is 4.36. The molecule has 5 nitrogen and oxygen atoms in total. The zero-order valence-electron chi connectivity index (χ0n) is 16.9. The van der Waals surface area contributed by atoms with Crippen LogP contribution in [0.3, 0.4) is 0 Å². The predicted molar refractivity (Wildman–Crippen MR) is 121 cm³/mol. The second-order valence-electron chi connectivity index (χ2n) is 7.46. The summed E-state index contributed by atoms with van der Waals surface area (Å²) in [5, 5.41) is 3.88. The van der Waals surface area contributed by atoms with Gasteiger partial charge in [0.2, 0.25) is 0 Å². The van der Waals surface area contributed by atoms with Crippen LogP contribution in [-0.4, -0.2) is 27.5 Å². The van der Waals surface area contributed by atoms with Gasteiger partial charge in [0.15, 0.2) is 5.82 Å². The Morgan fingerprint density at radius 1 is 1.03 bits per heavy atom. The smallest absolute Gasteiger partial charge is 0.251 e. The lowest BCUT2D eigenvalue weighted by molar-refractivity contribution is 0.0963. The molecular weight excluding hydrogens is 372 g/mol. The Balaban J connectivity index is 1.75. The zero-order valence-corrected chi connectivity index (χ0v) is 16.9. The topological polar surface area (TPSA) is 62.7 Å². The molecule has 5 aromatic rings. The van der Waals surface area contributed by atoms with E-state index in [9.17, 15) is 4.79 Å². The average Bonchev–Trinajstić information content (AvgIpc) is 3.31. The van der Waals surface area contributed by atoms with E-state index < -0.39 is 0 Å². The summed E-state index contributed by atoms with van der Waals surface area (Å²) < 4.78 is 2.22. The van der Waals surface area contributed by atoms with Gasteiger partial charge in [-0.05, 0) is 42.3 Å². The predicted octanol–water partition coefficient (Wildman–Crippen LogP) is 4.90. The van der Waals surface area contributed by atoms with Crippen LogP contribution in [0.1, 0.15) is 21.5 Å². The fourth-order valence-electron chi connectivity index (χ4n) is 4.04. The minimum Gasteiger partial charge on any atom is -0.355 e. The number of amides is 1. The molecule has 0 saturated heterocycles. The molecule has 30 heavy (non-hydrogen) atoms. The van der Waals surface area contributed by atoms with Crippen molar-refractivity contribution >= 4 is 27.8 Å². The Labute approximate surface area is 174 Å². The van der Waals surface area contributed by atoms with Gasteiger partial charge in [0.25, 0.3) is 5.91 Å². The number of nitrogens with zero attached hydrogens (tertiary/aromatic N) is 2. The van der Waals surface area contributed by atoms with Gasteiger partial charge >= 0.3 is 0 Å². The molecule has 0 aliphatic heterocycles. The van der Waals surface area contributed by atoms with E-state index in [0.29, 0.717) is 12.1 Å². The molecule has 148 valence electrons. The zero-order chi connectivity index (χ0) is 20.7. The Morgan fingerprint density at radius 3 is 2.57 bits per heavy atom. The highest BCUT2D eigenvalue weighted by Crippen LogP contribution is 2.32. The SMILES string of the molecule is CNC(=O)c1ccc2c(c1)nc(-c1[nH]c3ccccc3c1C)n2Cc1ccccc1. The van der Waals surface area contributed by atoms with Crippen molar-refractivity contribution in [1.82, 2.24) is 19.9 Å². The molecule has 0 spiro atoms. The first-order chi connectivity index (χ1) is 14.7. The third-order valence-corrected chi connectivity index (χ3v) is 5.61. The summed E-state index contributed by atoms with van der Waals surface area (Å²) in [7, 11) is 1.64. The van der Waals surface area contributed by atoms with E-state index >= 15 is 0 Å². The minimum atomic E-state index is -0.113. The van der Waals surface area contributed by atoms with Crippen molar-refractivity contribution < 1.29 is 4.79 Å². The van der Waals surface area contributed by atoms with E-state index in [1.54, 1.807) is 7.05 Å². The Morgan fingerprint density at radius 2 is 1.80 bits per heavy atom. The number of carbonyl (C=O) groups excluding carboxylic acids is 1. The molecule has 2 heterocycles. The van der Waals surface area contributed by atoms with Gasteiger partial charge in [-0.25, -0.2) is 4.98 Å². The number of aromatic nitrogens is 3. The lowest BCUT2D eigenvalue weighted by atomic mass is 10.1. The second kappa shape index (κ2) is 7.19. The van der Waals surface area contributed by atoms with E-state index in [0.717, 1.165) is 28.1 Å². The number of hydrogen-bond donors (Lipinski definition) is 2. The molecule has 0 atom stereocenters. The number of imidazole rings is 1. The number of benzene rings is 3. The fraction of sp³-hybridized carbons (Fsp3) is 0.120. The summed E-state index contributed by atoms with van der Waals surface area (Å²) in [6.07, 6.45) is 0. The van der Waals surface area contributed by atoms with Crippen molar-refractivity contribution in [3.05, 3.63) is 89.5 Å².